The number of fused-ring (bicyclic) bond motifs is 2. The molecule has 4 aromatic rings. The summed E-state index contributed by atoms with van der Waals surface area (Å²) in [5.74, 6) is 0.577. The minimum Gasteiger partial charge on any atom is -0.497 e. The van der Waals surface area contributed by atoms with E-state index < -0.39 is 0 Å². The second kappa shape index (κ2) is 10.3. The number of ether oxygens (including phenoxy) is 2. The summed E-state index contributed by atoms with van der Waals surface area (Å²) < 4.78 is 10.5. The van der Waals surface area contributed by atoms with E-state index in [1.54, 1.807) is 14.2 Å². The number of rotatable bonds is 9. The molecule has 5 rings (SSSR count). The number of carbonyl (C=O) groups is 2. The lowest BCUT2D eigenvalue weighted by atomic mass is 9.93. The lowest BCUT2D eigenvalue weighted by Gasteiger charge is -2.26. The Kier molecular flexibility index (Phi) is 6.73. The van der Waals surface area contributed by atoms with Crippen LogP contribution in [0.15, 0.2) is 72.8 Å². The minimum absolute atomic E-state index is 0.0674. The summed E-state index contributed by atoms with van der Waals surface area (Å²) in [5.41, 5.74) is 5.51. The first-order valence-electron chi connectivity index (χ1n) is 12.0. The van der Waals surface area contributed by atoms with Crippen LogP contribution in [0.2, 0.25) is 0 Å². The number of H-pyrrole nitrogens is 1. The molecule has 2 N–H and O–H groups in total. The molecule has 7 heteroatoms. The SMILES string of the molecule is COCCNC(=O)CCN1C(=O)c2ccccc2[C@H]1c1c(-c2cccc(OC)c2)[nH]c2ccccc12. The van der Waals surface area contributed by atoms with Crippen LogP contribution in [0.5, 0.6) is 5.75 Å². The van der Waals surface area contributed by atoms with Crippen molar-refractivity contribution in [2.24, 2.45) is 0 Å². The van der Waals surface area contributed by atoms with Crippen LogP contribution in [-0.4, -0.2) is 55.6 Å². The van der Waals surface area contributed by atoms with E-state index in [0.29, 0.717) is 25.3 Å². The number of aromatic amines is 1. The van der Waals surface area contributed by atoms with Gasteiger partial charge in [0.15, 0.2) is 0 Å². The van der Waals surface area contributed by atoms with Gasteiger partial charge in [-0.3, -0.25) is 9.59 Å². The molecule has 0 saturated heterocycles. The Morgan fingerprint density at radius 3 is 2.67 bits per heavy atom. The molecule has 0 aliphatic carbocycles. The van der Waals surface area contributed by atoms with Crippen LogP contribution in [0, 0.1) is 0 Å². The number of aromatic nitrogens is 1. The molecule has 2 heterocycles. The molecular formula is C29H29N3O4. The molecule has 1 aromatic heterocycles. The second-order valence-electron chi connectivity index (χ2n) is 8.77. The van der Waals surface area contributed by atoms with Gasteiger partial charge in [0.2, 0.25) is 5.91 Å². The van der Waals surface area contributed by atoms with E-state index in [2.05, 4.69) is 16.4 Å². The van der Waals surface area contributed by atoms with Crippen molar-refractivity contribution >= 4 is 22.7 Å². The highest BCUT2D eigenvalue weighted by Crippen LogP contribution is 2.45. The van der Waals surface area contributed by atoms with Crippen LogP contribution >= 0.6 is 0 Å². The zero-order chi connectivity index (χ0) is 25.1. The van der Waals surface area contributed by atoms with Gasteiger partial charge in [-0.05, 0) is 29.8 Å². The molecule has 0 bridgehead atoms. The number of nitrogens with one attached hydrogen (secondary N) is 2. The first-order valence-corrected chi connectivity index (χ1v) is 12.0. The molecular weight excluding hydrogens is 454 g/mol. The number of hydrogen-bond acceptors (Lipinski definition) is 4. The van der Waals surface area contributed by atoms with Crippen molar-refractivity contribution < 1.29 is 19.1 Å². The first kappa shape index (κ1) is 23.6. The molecule has 0 unspecified atom stereocenters. The van der Waals surface area contributed by atoms with Gasteiger partial charge < -0.3 is 24.7 Å². The molecule has 36 heavy (non-hydrogen) atoms. The number of amides is 2. The maximum atomic E-state index is 13.6. The van der Waals surface area contributed by atoms with E-state index in [1.807, 2.05) is 71.6 Å². The summed E-state index contributed by atoms with van der Waals surface area (Å²) in [6, 6.07) is 23.4. The molecule has 0 fully saturated rings. The second-order valence-corrected chi connectivity index (χ2v) is 8.77. The maximum Gasteiger partial charge on any atom is 0.255 e. The Morgan fingerprint density at radius 2 is 1.83 bits per heavy atom. The molecule has 1 aliphatic rings. The zero-order valence-electron chi connectivity index (χ0n) is 20.4. The summed E-state index contributed by atoms with van der Waals surface area (Å²) >= 11 is 0. The van der Waals surface area contributed by atoms with Gasteiger partial charge in [-0.2, -0.15) is 0 Å². The highest BCUT2D eigenvalue weighted by atomic mass is 16.5. The normalized spacial score (nSPS) is 14.8. The molecule has 0 spiro atoms. The number of hydrogen-bond donors (Lipinski definition) is 2. The molecule has 0 radical (unpaired) electrons. The number of carbonyl (C=O) groups excluding carboxylic acids is 2. The van der Waals surface area contributed by atoms with E-state index >= 15 is 0 Å². The number of para-hydroxylation sites is 1. The largest absolute Gasteiger partial charge is 0.497 e. The van der Waals surface area contributed by atoms with E-state index in [-0.39, 0.29) is 24.3 Å². The first-order chi connectivity index (χ1) is 17.6. The number of nitrogens with zero attached hydrogens (tertiary/aromatic N) is 1. The zero-order valence-corrected chi connectivity index (χ0v) is 20.4. The highest BCUT2D eigenvalue weighted by molar-refractivity contribution is 6.02. The Labute approximate surface area is 210 Å². The van der Waals surface area contributed by atoms with Gasteiger partial charge in [0.1, 0.15) is 5.75 Å². The average molecular weight is 484 g/mol. The summed E-state index contributed by atoms with van der Waals surface area (Å²) in [6.45, 7) is 1.19. The summed E-state index contributed by atoms with van der Waals surface area (Å²) in [7, 11) is 3.24. The van der Waals surface area contributed by atoms with Crippen molar-refractivity contribution in [1.82, 2.24) is 15.2 Å². The van der Waals surface area contributed by atoms with E-state index in [0.717, 1.165) is 39.0 Å². The van der Waals surface area contributed by atoms with Crippen LogP contribution in [0.3, 0.4) is 0 Å². The highest BCUT2D eigenvalue weighted by Gasteiger charge is 2.40. The molecule has 1 atom stereocenters. The molecule has 1 aliphatic heterocycles. The smallest absolute Gasteiger partial charge is 0.255 e. The van der Waals surface area contributed by atoms with Gasteiger partial charge in [0.25, 0.3) is 5.91 Å². The minimum atomic E-state index is -0.335. The predicted molar refractivity (Wildman–Crippen MR) is 139 cm³/mol. The van der Waals surface area contributed by atoms with Gasteiger partial charge in [-0.15, -0.1) is 0 Å². The van der Waals surface area contributed by atoms with Crippen LogP contribution in [0.1, 0.15) is 33.9 Å². The fourth-order valence-corrected chi connectivity index (χ4v) is 4.97. The molecule has 184 valence electrons. The maximum absolute atomic E-state index is 13.6. The Morgan fingerprint density at radius 1 is 1.03 bits per heavy atom. The topological polar surface area (TPSA) is 83.7 Å². The van der Waals surface area contributed by atoms with Gasteiger partial charge in [-0.25, -0.2) is 0 Å². The lowest BCUT2D eigenvalue weighted by molar-refractivity contribution is -0.121. The lowest BCUT2D eigenvalue weighted by Crippen LogP contribution is -2.34. The van der Waals surface area contributed by atoms with Crippen molar-refractivity contribution in [3.63, 3.8) is 0 Å². The Hall–Kier alpha value is -4.10. The molecule has 7 nitrogen and oxygen atoms in total. The number of benzene rings is 3. The monoisotopic (exact) mass is 483 g/mol. The van der Waals surface area contributed by atoms with Crippen LogP contribution in [0.25, 0.3) is 22.2 Å². The quantitative estimate of drug-likeness (QED) is 0.343. The Balaban J connectivity index is 1.61. The molecule has 2 amide bonds. The van der Waals surface area contributed by atoms with E-state index in [9.17, 15) is 9.59 Å². The van der Waals surface area contributed by atoms with E-state index in [1.165, 1.54) is 0 Å². The number of methoxy groups -OCH3 is 2. The average Bonchev–Trinajstić information content (AvgIpc) is 3.42. The van der Waals surface area contributed by atoms with Gasteiger partial charge in [0.05, 0.1) is 25.5 Å². The summed E-state index contributed by atoms with van der Waals surface area (Å²) in [5, 5.41) is 3.89. The molecule has 0 saturated carbocycles. The summed E-state index contributed by atoms with van der Waals surface area (Å²) in [6.07, 6.45) is 0.205. The van der Waals surface area contributed by atoms with Crippen molar-refractivity contribution in [2.45, 2.75) is 12.5 Å². The standard InChI is InChI=1S/C29H29N3O4/c1-35-17-15-30-25(33)14-16-32-28(21-10-3-4-11-22(21)29(32)34)26-23-12-5-6-13-24(23)31-27(26)19-8-7-9-20(18-19)36-2/h3-13,18,28,31H,14-17H2,1-2H3,(H,30,33)/t28-/m0/s1. The Bertz CT molecular complexity index is 1410. The van der Waals surface area contributed by atoms with Crippen LogP contribution < -0.4 is 10.1 Å². The van der Waals surface area contributed by atoms with Crippen LogP contribution in [0.4, 0.5) is 0 Å². The fourth-order valence-electron chi connectivity index (χ4n) is 4.97. The van der Waals surface area contributed by atoms with Gasteiger partial charge in [-0.1, -0.05) is 48.5 Å². The predicted octanol–water partition coefficient (Wildman–Crippen LogP) is 4.54. The third-order valence-corrected chi connectivity index (χ3v) is 6.64. The van der Waals surface area contributed by atoms with Crippen molar-refractivity contribution in [2.75, 3.05) is 33.9 Å². The van der Waals surface area contributed by atoms with Crippen molar-refractivity contribution in [3.05, 3.63) is 89.5 Å². The van der Waals surface area contributed by atoms with Gasteiger partial charge >= 0.3 is 0 Å². The van der Waals surface area contributed by atoms with Crippen molar-refractivity contribution in [1.29, 1.82) is 0 Å². The fraction of sp³-hybridized carbons (Fsp3) is 0.241. The van der Waals surface area contributed by atoms with Crippen molar-refractivity contribution in [3.8, 4) is 17.0 Å². The molecule has 3 aromatic carbocycles. The third-order valence-electron chi connectivity index (χ3n) is 6.64. The van der Waals surface area contributed by atoms with E-state index in [4.69, 9.17) is 9.47 Å². The summed E-state index contributed by atoms with van der Waals surface area (Å²) in [4.78, 5) is 31.5. The van der Waals surface area contributed by atoms with Crippen LogP contribution in [-0.2, 0) is 9.53 Å². The van der Waals surface area contributed by atoms with Gasteiger partial charge in [0, 0.05) is 54.2 Å². The third kappa shape index (κ3) is 4.33.